The third-order valence-corrected chi connectivity index (χ3v) is 13.3. The maximum Gasteiger partial charge on any atom is 0.145 e. The minimum atomic E-state index is -0.205. The van der Waals surface area contributed by atoms with Crippen LogP contribution in [0.3, 0.4) is 0 Å². The van der Waals surface area contributed by atoms with Crippen LogP contribution in [-0.2, 0) is 9.59 Å². The Hall–Kier alpha value is -0.960. The van der Waals surface area contributed by atoms with E-state index in [9.17, 15) is 14.7 Å². The van der Waals surface area contributed by atoms with Crippen molar-refractivity contribution in [3.05, 3.63) is 12.2 Å². The molecule has 0 aromatic carbocycles. The predicted octanol–water partition coefficient (Wildman–Crippen LogP) is 6.38. The van der Waals surface area contributed by atoms with E-state index in [1.54, 1.807) is 0 Å². The number of aliphatic hydroxyl groups is 1. The van der Waals surface area contributed by atoms with Crippen molar-refractivity contribution in [1.29, 1.82) is 0 Å². The summed E-state index contributed by atoms with van der Waals surface area (Å²) >= 11 is 0. The van der Waals surface area contributed by atoms with Crippen LogP contribution in [0.1, 0.15) is 98.8 Å². The smallest absolute Gasteiger partial charge is 0.145 e. The number of Topliss-reactive ketones (excluding diaryl/α,β-unsaturated/α-hetero) is 1. The van der Waals surface area contributed by atoms with Crippen molar-refractivity contribution in [3.8, 4) is 0 Å². The molecule has 1 unspecified atom stereocenters. The van der Waals surface area contributed by atoms with Crippen molar-refractivity contribution in [3.63, 3.8) is 0 Å². The SMILES string of the molecule is C=C(C=O)C1CC[C@]2(CO)CC[C@]3(C)[C@H](CC[C@@H]4[C@@]5(C)CCC(=O)C(C)(C)[C@@H]5CC[C@]43C)[C@@H]12. The molecule has 0 aliphatic heterocycles. The third kappa shape index (κ3) is 2.78. The number of hydrogen-bond acceptors (Lipinski definition) is 3. The van der Waals surface area contributed by atoms with Crippen molar-refractivity contribution in [2.24, 2.45) is 56.7 Å². The Bertz CT molecular complexity index is 874. The molecule has 184 valence electrons. The molecule has 5 fully saturated rings. The van der Waals surface area contributed by atoms with E-state index in [-0.39, 0.29) is 39.6 Å². The lowest BCUT2D eigenvalue weighted by Gasteiger charge is -2.72. The number of carbonyl (C=O) groups excluding carboxylic acids is 2. The quantitative estimate of drug-likeness (QED) is 0.397. The monoisotopic (exact) mass is 454 g/mol. The second kappa shape index (κ2) is 7.28. The van der Waals surface area contributed by atoms with Crippen molar-refractivity contribution >= 4 is 12.1 Å². The van der Waals surface area contributed by atoms with E-state index in [0.717, 1.165) is 50.4 Å². The molecule has 0 radical (unpaired) electrons. The number of fused-ring (bicyclic) bond motifs is 7. The number of aldehydes is 1. The zero-order chi connectivity index (χ0) is 24.0. The highest BCUT2D eigenvalue weighted by molar-refractivity contribution is 5.85. The molecular formula is C30H46O3. The summed E-state index contributed by atoms with van der Waals surface area (Å²) in [6.45, 7) is 16.6. The first-order valence-corrected chi connectivity index (χ1v) is 13.7. The molecule has 1 N–H and O–H groups in total. The molecule has 0 saturated heterocycles. The fourth-order valence-corrected chi connectivity index (χ4v) is 11.3. The summed E-state index contributed by atoms with van der Waals surface area (Å²) in [5.41, 5.74) is 1.22. The molecule has 33 heavy (non-hydrogen) atoms. The predicted molar refractivity (Wildman–Crippen MR) is 131 cm³/mol. The summed E-state index contributed by atoms with van der Waals surface area (Å²) in [6.07, 6.45) is 11.9. The van der Waals surface area contributed by atoms with E-state index in [1.165, 1.54) is 25.7 Å². The maximum absolute atomic E-state index is 12.9. The molecule has 0 amide bonds. The molecule has 3 heteroatoms. The summed E-state index contributed by atoms with van der Waals surface area (Å²) in [6, 6.07) is 0. The van der Waals surface area contributed by atoms with E-state index in [0.29, 0.717) is 29.5 Å². The van der Waals surface area contributed by atoms with Crippen LogP contribution in [0.5, 0.6) is 0 Å². The van der Waals surface area contributed by atoms with Gasteiger partial charge in [-0.3, -0.25) is 9.59 Å². The van der Waals surface area contributed by atoms with Gasteiger partial charge in [0.2, 0.25) is 0 Å². The van der Waals surface area contributed by atoms with Crippen LogP contribution in [0, 0.1) is 56.7 Å². The first kappa shape index (κ1) is 23.8. The van der Waals surface area contributed by atoms with Gasteiger partial charge >= 0.3 is 0 Å². The summed E-state index contributed by atoms with van der Waals surface area (Å²) in [5.74, 6) is 2.76. The van der Waals surface area contributed by atoms with Gasteiger partial charge in [0.05, 0.1) is 0 Å². The van der Waals surface area contributed by atoms with E-state index < -0.39 is 0 Å². The molecule has 0 aromatic rings. The van der Waals surface area contributed by atoms with Crippen LogP contribution in [0.2, 0.25) is 0 Å². The van der Waals surface area contributed by atoms with E-state index in [1.807, 2.05) is 0 Å². The lowest BCUT2D eigenvalue weighted by atomic mass is 9.32. The Kier molecular flexibility index (Phi) is 5.24. The van der Waals surface area contributed by atoms with Crippen molar-refractivity contribution in [2.75, 3.05) is 6.61 Å². The summed E-state index contributed by atoms with van der Waals surface area (Å²) < 4.78 is 0. The molecule has 0 bridgehead atoms. The Morgan fingerprint density at radius 3 is 2.33 bits per heavy atom. The third-order valence-electron chi connectivity index (χ3n) is 13.3. The number of ketones is 1. The Morgan fingerprint density at radius 2 is 1.67 bits per heavy atom. The second-order valence-corrected chi connectivity index (χ2v) is 14.2. The topological polar surface area (TPSA) is 54.4 Å². The largest absolute Gasteiger partial charge is 0.396 e. The average molecular weight is 455 g/mol. The van der Waals surface area contributed by atoms with Crippen molar-refractivity contribution in [1.82, 2.24) is 0 Å². The lowest BCUT2D eigenvalue weighted by Crippen LogP contribution is -2.66. The number of carbonyl (C=O) groups is 2. The second-order valence-electron chi connectivity index (χ2n) is 14.2. The van der Waals surface area contributed by atoms with Gasteiger partial charge in [-0.25, -0.2) is 0 Å². The first-order chi connectivity index (χ1) is 15.4. The number of hydrogen-bond donors (Lipinski definition) is 1. The van der Waals surface area contributed by atoms with Gasteiger partial charge in [0.25, 0.3) is 0 Å². The van der Waals surface area contributed by atoms with Crippen molar-refractivity contribution in [2.45, 2.75) is 98.8 Å². The minimum Gasteiger partial charge on any atom is -0.396 e. The minimum absolute atomic E-state index is 0.0235. The van der Waals surface area contributed by atoms with Crippen LogP contribution in [0.25, 0.3) is 0 Å². The van der Waals surface area contributed by atoms with Crippen LogP contribution < -0.4 is 0 Å². The van der Waals surface area contributed by atoms with E-state index in [4.69, 9.17) is 0 Å². The maximum atomic E-state index is 12.9. The van der Waals surface area contributed by atoms with Gasteiger partial charge in [0.1, 0.15) is 12.1 Å². The summed E-state index contributed by atoms with van der Waals surface area (Å²) in [5, 5.41) is 10.6. The summed E-state index contributed by atoms with van der Waals surface area (Å²) in [7, 11) is 0. The van der Waals surface area contributed by atoms with Gasteiger partial charge in [0.15, 0.2) is 0 Å². The van der Waals surface area contributed by atoms with E-state index >= 15 is 0 Å². The first-order valence-electron chi connectivity index (χ1n) is 13.7. The molecule has 9 atom stereocenters. The van der Waals surface area contributed by atoms with Gasteiger partial charge in [0, 0.05) is 18.4 Å². The van der Waals surface area contributed by atoms with Crippen molar-refractivity contribution < 1.29 is 14.7 Å². The zero-order valence-electron chi connectivity index (χ0n) is 21.7. The van der Waals surface area contributed by atoms with Gasteiger partial charge in [-0.05, 0) is 115 Å². The molecule has 3 nitrogen and oxygen atoms in total. The molecule has 5 aliphatic carbocycles. The van der Waals surface area contributed by atoms with Gasteiger partial charge in [-0.2, -0.15) is 0 Å². The molecule has 5 saturated carbocycles. The van der Waals surface area contributed by atoms with Gasteiger partial charge in [-0.1, -0.05) is 41.2 Å². The number of rotatable bonds is 3. The van der Waals surface area contributed by atoms with Gasteiger partial charge < -0.3 is 5.11 Å². The molecule has 0 heterocycles. The fourth-order valence-electron chi connectivity index (χ4n) is 11.3. The van der Waals surface area contributed by atoms with Gasteiger partial charge in [-0.15, -0.1) is 0 Å². The Labute approximate surface area is 201 Å². The Morgan fingerprint density at radius 1 is 0.939 bits per heavy atom. The molecule has 0 aromatic heterocycles. The highest BCUT2D eigenvalue weighted by Gasteiger charge is 2.70. The molecular weight excluding hydrogens is 408 g/mol. The highest BCUT2D eigenvalue weighted by Crippen LogP contribution is 2.77. The van der Waals surface area contributed by atoms with E-state index in [2.05, 4.69) is 41.2 Å². The Balaban J connectivity index is 1.56. The molecule has 5 aliphatic rings. The normalized spacial score (nSPS) is 52.8. The van der Waals surface area contributed by atoms with Crippen LogP contribution in [0.15, 0.2) is 12.2 Å². The summed E-state index contributed by atoms with van der Waals surface area (Å²) in [4.78, 5) is 24.7. The number of allylic oxidation sites excluding steroid dienone is 1. The van der Waals surface area contributed by atoms with Crippen LogP contribution >= 0.6 is 0 Å². The van der Waals surface area contributed by atoms with Crippen LogP contribution in [0.4, 0.5) is 0 Å². The molecule has 0 spiro atoms. The zero-order valence-corrected chi connectivity index (χ0v) is 21.7. The highest BCUT2D eigenvalue weighted by atomic mass is 16.3. The van der Waals surface area contributed by atoms with Crippen LogP contribution in [-0.4, -0.2) is 23.8 Å². The lowest BCUT2D eigenvalue weighted by molar-refractivity contribution is -0.236. The average Bonchev–Trinajstić information content (AvgIpc) is 3.17. The standard InChI is InChI=1S/C30H46O3/c1-19(17-31)20-9-14-30(18-32)16-15-28(5)21(25(20)30)7-8-23-27(4)12-11-24(33)26(2,3)22(27)10-13-29(23,28)6/h17,20-23,25,32H,1,7-16,18H2,2-6H3/t20?,21-,22+,23-,25-,27+,28-,29-,30-/m1/s1. The number of aliphatic hydroxyl groups excluding tert-OH is 1. The fraction of sp³-hybridized carbons (Fsp3) is 0.867. The molecule has 5 rings (SSSR count).